The summed E-state index contributed by atoms with van der Waals surface area (Å²) in [5.74, 6) is 1.50. The summed E-state index contributed by atoms with van der Waals surface area (Å²) in [6, 6.07) is 1.05. The Bertz CT molecular complexity index is 317. The first kappa shape index (κ1) is 15.1. The van der Waals surface area contributed by atoms with Crippen molar-refractivity contribution in [1.82, 2.24) is 10.2 Å². The van der Waals surface area contributed by atoms with E-state index in [9.17, 15) is 4.79 Å². The maximum absolute atomic E-state index is 12.8. The van der Waals surface area contributed by atoms with E-state index < -0.39 is 0 Å². The second-order valence-electron chi connectivity index (χ2n) is 6.49. The van der Waals surface area contributed by atoms with Gasteiger partial charge in [0.1, 0.15) is 0 Å². The third kappa shape index (κ3) is 2.92. The molecule has 0 spiro atoms. The van der Waals surface area contributed by atoms with Gasteiger partial charge in [-0.1, -0.05) is 12.8 Å². The number of halogens is 1. The zero-order valence-electron chi connectivity index (χ0n) is 11.9. The van der Waals surface area contributed by atoms with Crippen LogP contribution in [0.3, 0.4) is 0 Å². The van der Waals surface area contributed by atoms with Crippen LogP contribution in [0.2, 0.25) is 0 Å². The van der Waals surface area contributed by atoms with E-state index in [1.54, 1.807) is 0 Å². The molecule has 1 aliphatic carbocycles. The highest BCUT2D eigenvalue weighted by atomic mass is 35.5. The van der Waals surface area contributed by atoms with Gasteiger partial charge in [0.2, 0.25) is 5.91 Å². The van der Waals surface area contributed by atoms with Crippen LogP contribution in [0.1, 0.15) is 51.9 Å². The lowest BCUT2D eigenvalue weighted by Crippen LogP contribution is -2.48. The predicted octanol–water partition coefficient (Wildman–Crippen LogP) is 2.59. The molecule has 2 heterocycles. The molecule has 0 bridgehead atoms. The lowest BCUT2D eigenvalue weighted by Gasteiger charge is -2.36. The van der Waals surface area contributed by atoms with Crippen molar-refractivity contribution in [1.29, 1.82) is 0 Å². The van der Waals surface area contributed by atoms with Crippen LogP contribution in [0, 0.1) is 11.8 Å². The van der Waals surface area contributed by atoms with Crippen LogP contribution in [-0.4, -0.2) is 36.0 Å². The van der Waals surface area contributed by atoms with E-state index in [2.05, 4.69) is 17.1 Å². The average molecular weight is 287 g/mol. The highest BCUT2D eigenvalue weighted by molar-refractivity contribution is 5.85. The fraction of sp³-hybridized carbons (Fsp3) is 0.933. The zero-order valence-corrected chi connectivity index (χ0v) is 12.8. The van der Waals surface area contributed by atoms with E-state index >= 15 is 0 Å². The summed E-state index contributed by atoms with van der Waals surface area (Å²) in [5.41, 5.74) is 0. The number of fused-ring (bicyclic) bond motifs is 1. The average Bonchev–Trinajstić information content (AvgIpc) is 2.75. The SMILES string of the molecule is CC1CC2CCCCC2N1C(=O)C1CCCNC1.Cl. The van der Waals surface area contributed by atoms with Crippen LogP contribution in [0.5, 0.6) is 0 Å². The molecule has 4 heteroatoms. The number of piperidine rings is 1. The van der Waals surface area contributed by atoms with Crippen LogP contribution >= 0.6 is 12.4 Å². The molecule has 3 rings (SSSR count). The third-order valence-electron chi connectivity index (χ3n) is 5.25. The molecule has 0 aromatic rings. The Morgan fingerprint density at radius 2 is 1.95 bits per heavy atom. The first-order chi connectivity index (χ1) is 8.77. The van der Waals surface area contributed by atoms with E-state index in [1.807, 2.05) is 0 Å². The van der Waals surface area contributed by atoms with Crippen LogP contribution in [0.4, 0.5) is 0 Å². The number of rotatable bonds is 1. The number of amides is 1. The van der Waals surface area contributed by atoms with E-state index in [0.29, 0.717) is 18.0 Å². The monoisotopic (exact) mass is 286 g/mol. The van der Waals surface area contributed by atoms with Gasteiger partial charge in [0.05, 0.1) is 5.92 Å². The molecule has 19 heavy (non-hydrogen) atoms. The molecule has 3 nitrogen and oxygen atoms in total. The fourth-order valence-electron chi connectivity index (χ4n) is 4.36. The van der Waals surface area contributed by atoms with E-state index in [1.165, 1.54) is 32.1 Å². The van der Waals surface area contributed by atoms with Gasteiger partial charge >= 0.3 is 0 Å². The highest BCUT2D eigenvalue weighted by Crippen LogP contribution is 2.40. The molecule has 0 radical (unpaired) electrons. The molecule has 110 valence electrons. The first-order valence-electron chi connectivity index (χ1n) is 7.80. The van der Waals surface area contributed by atoms with Crippen molar-refractivity contribution in [3.8, 4) is 0 Å². The Balaban J connectivity index is 0.00000133. The van der Waals surface area contributed by atoms with Crippen molar-refractivity contribution < 1.29 is 4.79 Å². The molecule has 3 fully saturated rings. The molecule has 3 aliphatic rings. The number of nitrogens with one attached hydrogen (secondary N) is 1. The predicted molar refractivity (Wildman–Crippen MR) is 79.5 cm³/mol. The second-order valence-corrected chi connectivity index (χ2v) is 6.49. The van der Waals surface area contributed by atoms with Crippen LogP contribution in [0.25, 0.3) is 0 Å². The highest BCUT2D eigenvalue weighted by Gasteiger charge is 2.44. The van der Waals surface area contributed by atoms with Gasteiger partial charge in [-0.05, 0) is 51.5 Å². The first-order valence-corrected chi connectivity index (χ1v) is 7.80. The molecule has 0 aromatic heterocycles. The number of carbonyl (C=O) groups excluding carboxylic acids is 1. The molecule has 1 N–H and O–H groups in total. The number of hydrogen-bond donors (Lipinski definition) is 1. The summed E-state index contributed by atoms with van der Waals surface area (Å²) in [6.45, 7) is 4.25. The number of carbonyl (C=O) groups is 1. The van der Waals surface area contributed by atoms with E-state index in [-0.39, 0.29) is 18.3 Å². The van der Waals surface area contributed by atoms with Crippen molar-refractivity contribution in [2.75, 3.05) is 13.1 Å². The normalized spacial score (nSPS) is 38.5. The molecule has 4 atom stereocenters. The zero-order chi connectivity index (χ0) is 12.5. The summed E-state index contributed by atoms with van der Waals surface area (Å²) in [7, 11) is 0. The maximum atomic E-state index is 12.8. The van der Waals surface area contributed by atoms with Crippen molar-refractivity contribution in [2.45, 2.75) is 64.0 Å². The molecule has 1 amide bonds. The minimum absolute atomic E-state index is 0. The van der Waals surface area contributed by atoms with Gasteiger partial charge in [-0.3, -0.25) is 4.79 Å². The Labute approximate surface area is 122 Å². The van der Waals surface area contributed by atoms with Gasteiger partial charge < -0.3 is 10.2 Å². The van der Waals surface area contributed by atoms with Gasteiger partial charge in [-0.2, -0.15) is 0 Å². The molecule has 2 saturated heterocycles. The van der Waals surface area contributed by atoms with Gasteiger partial charge in [0.25, 0.3) is 0 Å². The van der Waals surface area contributed by atoms with Crippen LogP contribution in [-0.2, 0) is 4.79 Å². The largest absolute Gasteiger partial charge is 0.336 e. The van der Waals surface area contributed by atoms with Crippen molar-refractivity contribution >= 4 is 18.3 Å². The Kier molecular flexibility index (Phi) is 5.13. The lowest BCUT2D eigenvalue weighted by atomic mass is 9.84. The number of likely N-dealkylation sites (tertiary alicyclic amines) is 1. The quantitative estimate of drug-likeness (QED) is 0.804. The standard InChI is InChI=1S/C15H26N2O.ClH/c1-11-9-12-5-2-3-7-14(12)17(11)15(18)13-6-4-8-16-10-13;/h11-14,16H,2-10H2,1H3;1H. The van der Waals surface area contributed by atoms with Gasteiger partial charge in [-0.25, -0.2) is 0 Å². The van der Waals surface area contributed by atoms with Gasteiger partial charge in [0, 0.05) is 18.6 Å². The third-order valence-corrected chi connectivity index (χ3v) is 5.25. The molecule has 1 saturated carbocycles. The minimum atomic E-state index is 0. The Morgan fingerprint density at radius 3 is 2.68 bits per heavy atom. The summed E-state index contributed by atoms with van der Waals surface area (Å²) in [4.78, 5) is 15.0. The van der Waals surface area contributed by atoms with E-state index in [0.717, 1.165) is 31.8 Å². The van der Waals surface area contributed by atoms with Crippen molar-refractivity contribution in [2.24, 2.45) is 11.8 Å². The molecular weight excluding hydrogens is 260 g/mol. The Hall–Kier alpha value is -0.280. The van der Waals surface area contributed by atoms with Crippen molar-refractivity contribution in [3.63, 3.8) is 0 Å². The van der Waals surface area contributed by atoms with Gasteiger partial charge in [-0.15, -0.1) is 12.4 Å². The summed E-state index contributed by atoms with van der Waals surface area (Å²) in [5, 5.41) is 3.38. The Morgan fingerprint density at radius 1 is 1.16 bits per heavy atom. The van der Waals surface area contributed by atoms with Gasteiger partial charge in [0.15, 0.2) is 0 Å². The van der Waals surface area contributed by atoms with Crippen LogP contribution < -0.4 is 5.32 Å². The summed E-state index contributed by atoms with van der Waals surface area (Å²) >= 11 is 0. The lowest BCUT2D eigenvalue weighted by molar-refractivity contribution is -0.139. The molecule has 4 unspecified atom stereocenters. The smallest absolute Gasteiger partial charge is 0.227 e. The van der Waals surface area contributed by atoms with E-state index in [4.69, 9.17) is 0 Å². The summed E-state index contributed by atoms with van der Waals surface area (Å²) in [6.07, 6.45) is 8.79. The summed E-state index contributed by atoms with van der Waals surface area (Å²) < 4.78 is 0. The maximum Gasteiger partial charge on any atom is 0.227 e. The van der Waals surface area contributed by atoms with Crippen molar-refractivity contribution in [3.05, 3.63) is 0 Å². The number of nitrogens with zero attached hydrogens (tertiary/aromatic N) is 1. The minimum Gasteiger partial charge on any atom is -0.336 e. The fourth-order valence-corrected chi connectivity index (χ4v) is 4.36. The van der Waals surface area contributed by atoms with Crippen LogP contribution in [0.15, 0.2) is 0 Å². The molecule has 2 aliphatic heterocycles. The molecule has 0 aromatic carbocycles. The topological polar surface area (TPSA) is 32.3 Å². The number of hydrogen-bond acceptors (Lipinski definition) is 2. The second kappa shape index (κ2) is 6.45. The molecular formula is C15H27ClN2O.